The van der Waals surface area contributed by atoms with Crippen LogP contribution in [0.5, 0.6) is 5.75 Å². The summed E-state index contributed by atoms with van der Waals surface area (Å²) < 4.78 is 5.72. The highest BCUT2D eigenvalue weighted by atomic mass is 16.5. The average molecular weight is 271 g/mol. The minimum atomic E-state index is -0.413. The first kappa shape index (κ1) is 14.6. The Bertz CT molecular complexity index is 496. The highest BCUT2D eigenvalue weighted by Crippen LogP contribution is 2.15. The highest BCUT2D eigenvalue weighted by molar-refractivity contribution is 5.28. The molecule has 0 saturated carbocycles. The van der Waals surface area contributed by atoms with Crippen LogP contribution < -0.4 is 10.5 Å². The van der Waals surface area contributed by atoms with E-state index in [9.17, 15) is 5.11 Å². The number of rotatable bonds is 7. The number of hydrogen-bond donors (Lipinski definition) is 2. The van der Waals surface area contributed by atoms with Gasteiger partial charge in [-0.1, -0.05) is 42.5 Å². The van der Waals surface area contributed by atoms with E-state index in [0.717, 1.165) is 17.7 Å². The SMILES string of the molecule is NCC(O)CCc1ccc(OCc2ccccc2)cc1. The molecule has 0 saturated heterocycles. The average Bonchev–Trinajstić information content (AvgIpc) is 2.52. The molecular formula is C17H21NO2. The van der Waals surface area contributed by atoms with E-state index in [1.54, 1.807) is 0 Å². The predicted molar refractivity (Wildman–Crippen MR) is 80.6 cm³/mol. The lowest BCUT2D eigenvalue weighted by atomic mass is 10.1. The maximum absolute atomic E-state index is 9.43. The summed E-state index contributed by atoms with van der Waals surface area (Å²) in [6.45, 7) is 0.893. The quantitative estimate of drug-likeness (QED) is 0.813. The molecule has 3 nitrogen and oxygen atoms in total. The standard InChI is InChI=1S/C17H21NO2/c18-12-16(19)9-6-14-7-10-17(11-8-14)20-13-15-4-2-1-3-5-15/h1-5,7-8,10-11,16,19H,6,9,12-13,18H2. The first-order chi connectivity index (χ1) is 9.78. The summed E-state index contributed by atoms with van der Waals surface area (Å²) in [7, 11) is 0. The minimum Gasteiger partial charge on any atom is -0.489 e. The summed E-state index contributed by atoms with van der Waals surface area (Å²) in [6.07, 6.45) is 1.11. The van der Waals surface area contributed by atoms with Crippen LogP contribution in [0.25, 0.3) is 0 Å². The molecule has 3 N–H and O–H groups in total. The van der Waals surface area contributed by atoms with Crippen molar-refractivity contribution in [2.45, 2.75) is 25.6 Å². The zero-order valence-corrected chi connectivity index (χ0v) is 11.5. The van der Waals surface area contributed by atoms with E-state index in [1.165, 1.54) is 5.56 Å². The summed E-state index contributed by atoms with van der Waals surface area (Å²) in [4.78, 5) is 0. The Morgan fingerprint density at radius 3 is 2.30 bits per heavy atom. The molecule has 0 radical (unpaired) electrons. The Labute approximate surface area is 120 Å². The first-order valence-electron chi connectivity index (χ1n) is 6.91. The van der Waals surface area contributed by atoms with Crippen LogP contribution in [0, 0.1) is 0 Å². The summed E-state index contributed by atoms with van der Waals surface area (Å²) in [5.74, 6) is 0.858. The summed E-state index contributed by atoms with van der Waals surface area (Å²) in [5.41, 5.74) is 7.73. The molecule has 1 unspecified atom stereocenters. The Morgan fingerprint density at radius 2 is 1.65 bits per heavy atom. The molecule has 3 heteroatoms. The normalized spacial score (nSPS) is 12.1. The molecule has 20 heavy (non-hydrogen) atoms. The van der Waals surface area contributed by atoms with Gasteiger partial charge >= 0.3 is 0 Å². The van der Waals surface area contributed by atoms with Crippen molar-refractivity contribution in [3.05, 3.63) is 65.7 Å². The van der Waals surface area contributed by atoms with E-state index in [0.29, 0.717) is 19.6 Å². The van der Waals surface area contributed by atoms with Crippen LogP contribution in [0.4, 0.5) is 0 Å². The third-order valence-corrected chi connectivity index (χ3v) is 3.21. The molecular weight excluding hydrogens is 250 g/mol. The van der Waals surface area contributed by atoms with Crippen LogP contribution in [-0.4, -0.2) is 17.8 Å². The molecule has 0 bridgehead atoms. The zero-order valence-electron chi connectivity index (χ0n) is 11.5. The van der Waals surface area contributed by atoms with Crippen molar-refractivity contribution in [2.24, 2.45) is 5.73 Å². The fourth-order valence-corrected chi connectivity index (χ4v) is 1.94. The van der Waals surface area contributed by atoms with E-state index in [4.69, 9.17) is 10.5 Å². The van der Waals surface area contributed by atoms with Gasteiger partial charge in [0.2, 0.25) is 0 Å². The molecule has 0 amide bonds. The molecule has 0 heterocycles. The van der Waals surface area contributed by atoms with E-state index < -0.39 is 6.10 Å². The van der Waals surface area contributed by atoms with E-state index in [1.807, 2.05) is 54.6 Å². The van der Waals surface area contributed by atoms with Crippen molar-refractivity contribution in [3.8, 4) is 5.75 Å². The second-order valence-corrected chi connectivity index (χ2v) is 4.85. The number of aryl methyl sites for hydroxylation is 1. The van der Waals surface area contributed by atoms with Gasteiger partial charge in [-0.15, -0.1) is 0 Å². The first-order valence-corrected chi connectivity index (χ1v) is 6.91. The fraction of sp³-hybridized carbons (Fsp3) is 0.294. The van der Waals surface area contributed by atoms with Crippen LogP contribution in [0.15, 0.2) is 54.6 Å². The lowest BCUT2D eigenvalue weighted by Crippen LogP contribution is -2.20. The number of hydrogen-bond acceptors (Lipinski definition) is 3. The Balaban J connectivity index is 1.82. The van der Waals surface area contributed by atoms with Gasteiger partial charge in [-0.3, -0.25) is 0 Å². The molecule has 0 aromatic heterocycles. The topological polar surface area (TPSA) is 55.5 Å². The predicted octanol–water partition coefficient (Wildman–Crippen LogP) is 2.52. The molecule has 1 atom stereocenters. The largest absolute Gasteiger partial charge is 0.489 e. The van der Waals surface area contributed by atoms with Crippen LogP contribution in [0.2, 0.25) is 0 Å². The maximum atomic E-state index is 9.43. The van der Waals surface area contributed by atoms with Gasteiger partial charge in [0.25, 0.3) is 0 Å². The second-order valence-electron chi connectivity index (χ2n) is 4.85. The highest BCUT2D eigenvalue weighted by Gasteiger charge is 2.02. The molecule has 106 valence electrons. The lowest BCUT2D eigenvalue weighted by molar-refractivity contribution is 0.173. The molecule has 0 spiro atoms. The fourth-order valence-electron chi connectivity index (χ4n) is 1.94. The van der Waals surface area contributed by atoms with Crippen molar-refractivity contribution in [2.75, 3.05) is 6.54 Å². The minimum absolute atomic E-state index is 0.318. The second kappa shape index (κ2) is 7.68. The number of aliphatic hydroxyl groups excluding tert-OH is 1. The molecule has 0 aliphatic rings. The van der Waals surface area contributed by atoms with Crippen LogP contribution in [0.3, 0.4) is 0 Å². The Morgan fingerprint density at radius 1 is 0.950 bits per heavy atom. The van der Waals surface area contributed by atoms with Gasteiger partial charge in [-0.2, -0.15) is 0 Å². The summed E-state index contributed by atoms with van der Waals surface area (Å²) in [6, 6.07) is 18.1. The third-order valence-electron chi connectivity index (χ3n) is 3.21. The van der Waals surface area contributed by atoms with Gasteiger partial charge in [-0.25, -0.2) is 0 Å². The van der Waals surface area contributed by atoms with Gasteiger partial charge in [-0.05, 0) is 36.1 Å². The van der Waals surface area contributed by atoms with Gasteiger partial charge in [0.1, 0.15) is 12.4 Å². The van der Waals surface area contributed by atoms with Gasteiger partial charge in [0.05, 0.1) is 6.10 Å². The molecule has 0 aliphatic carbocycles. The smallest absolute Gasteiger partial charge is 0.119 e. The van der Waals surface area contributed by atoms with Crippen molar-refractivity contribution in [1.29, 1.82) is 0 Å². The number of ether oxygens (including phenoxy) is 1. The van der Waals surface area contributed by atoms with Gasteiger partial charge < -0.3 is 15.6 Å². The van der Waals surface area contributed by atoms with Crippen molar-refractivity contribution in [3.63, 3.8) is 0 Å². The lowest BCUT2D eigenvalue weighted by Gasteiger charge is -2.09. The van der Waals surface area contributed by atoms with Crippen LogP contribution in [-0.2, 0) is 13.0 Å². The zero-order chi connectivity index (χ0) is 14.2. The van der Waals surface area contributed by atoms with Crippen LogP contribution >= 0.6 is 0 Å². The number of aliphatic hydroxyl groups is 1. The monoisotopic (exact) mass is 271 g/mol. The van der Waals surface area contributed by atoms with Gasteiger partial charge in [0, 0.05) is 6.54 Å². The van der Waals surface area contributed by atoms with Crippen molar-refractivity contribution in [1.82, 2.24) is 0 Å². The molecule has 0 fully saturated rings. The number of benzene rings is 2. The summed E-state index contributed by atoms with van der Waals surface area (Å²) in [5, 5.41) is 9.43. The van der Waals surface area contributed by atoms with Crippen LogP contribution in [0.1, 0.15) is 17.5 Å². The van der Waals surface area contributed by atoms with E-state index in [-0.39, 0.29) is 0 Å². The Hall–Kier alpha value is -1.84. The van der Waals surface area contributed by atoms with Crippen molar-refractivity contribution < 1.29 is 9.84 Å². The van der Waals surface area contributed by atoms with Crippen molar-refractivity contribution >= 4 is 0 Å². The van der Waals surface area contributed by atoms with Gasteiger partial charge in [0.15, 0.2) is 0 Å². The summed E-state index contributed by atoms with van der Waals surface area (Å²) >= 11 is 0. The molecule has 2 aromatic carbocycles. The van der Waals surface area contributed by atoms with E-state index in [2.05, 4.69) is 0 Å². The Kier molecular flexibility index (Phi) is 5.59. The molecule has 0 aliphatic heterocycles. The maximum Gasteiger partial charge on any atom is 0.119 e. The van der Waals surface area contributed by atoms with E-state index >= 15 is 0 Å². The molecule has 2 aromatic rings. The third kappa shape index (κ3) is 4.68. The number of nitrogens with two attached hydrogens (primary N) is 1. The molecule has 2 rings (SSSR count).